The molecule has 2 aromatic heterocycles. The van der Waals surface area contributed by atoms with Gasteiger partial charge in [-0.25, -0.2) is 0 Å². The lowest BCUT2D eigenvalue weighted by Crippen LogP contribution is -2.11. The van der Waals surface area contributed by atoms with Crippen molar-refractivity contribution in [3.63, 3.8) is 0 Å². The van der Waals surface area contributed by atoms with Crippen molar-refractivity contribution in [2.24, 2.45) is 0 Å². The number of furan rings is 1. The Bertz CT molecular complexity index is 2850. The Morgan fingerprint density at radius 1 is 0.510 bits per heavy atom. The Morgan fingerprint density at radius 3 is 2.00 bits per heavy atom. The van der Waals surface area contributed by atoms with E-state index in [-0.39, 0.29) is 0 Å². The molecule has 1 aliphatic heterocycles. The summed E-state index contributed by atoms with van der Waals surface area (Å²) in [5, 5.41) is 4.63. The summed E-state index contributed by atoms with van der Waals surface area (Å²) in [6.45, 7) is 4.49. The zero-order valence-electron chi connectivity index (χ0n) is 27.8. The Balaban J connectivity index is 1.08. The van der Waals surface area contributed by atoms with Crippen molar-refractivity contribution in [2.45, 2.75) is 0 Å². The van der Waals surface area contributed by atoms with Gasteiger partial charge in [0, 0.05) is 44.7 Å². The summed E-state index contributed by atoms with van der Waals surface area (Å²) in [4.78, 5) is 2.24. The van der Waals surface area contributed by atoms with Crippen LogP contribution in [0.25, 0.3) is 71.7 Å². The summed E-state index contributed by atoms with van der Waals surface area (Å²) in [7, 11) is 0. The first kappa shape index (κ1) is 29.1. The number of benzene rings is 7. The molecule has 0 amide bonds. The molecule has 0 aliphatic carbocycles. The fourth-order valence-electron chi connectivity index (χ4n) is 7.66. The van der Waals surface area contributed by atoms with E-state index in [1.165, 1.54) is 16.3 Å². The van der Waals surface area contributed by atoms with Crippen molar-refractivity contribution in [3.05, 3.63) is 200 Å². The summed E-state index contributed by atoms with van der Waals surface area (Å²) in [6, 6.07) is 58.0. The number of allylic oxidation sites excluding steroid dienone is 4. The average molecular weight is 653 g/mol. The zero-order valence-corrected chi connectivity index (χ0v) is 27.8. The molecule has 0 radical (unpaired) electrons. The van der Waals surface area contributed by atoms with Gasteiger partial charge in [0.2, 0.25) is 0 Å². The molecule has 0 unspecified atom stereocenters. The highest BCUT2D eigenvalue weighted by Crippen LogP contribution is 2.42. The molecule has 3 heteroatoms. The van der Waals surface area contributed by atoms with E-state index < -0.39 is 0 Å². The van der Waals surface area contributed by atoms with Crippen LogP contribution in [0.2, 0.25) is 0 Å². The smallest absolute Gasteiger partial charge is 0.160 e. The van der Waals surface area contributed by atoms with Crippen LogP contribution in [0, 0.1) is 0 Å². The minimum absolute atomic E-state index is 0.903. The molecule has 3 heterocycles. The molecule has 240 valence electrons. The van der Waals surface area contributed by atoms with Crippen molar-refractivity contribution in [1.29, 1.82) is 0 Å². The molecule has 0 spiro atoms. The second-order valence-corrected chi connectivity index (χ2v) is 13.1. The van der Waals surface area contributed by atoms with Crippen LogP contribution in [0.1, 0.15) is 11.1 Å². The van der Waals surface area contributed by atoms with E-state index >= 15 is 0 Å². The van der Waals surface area contributed by atoms with Crippen LogP contribution in [0.5, 0.6) is 0 Å². The number of nitrogens with zero attached hydrogens (tertiary/aromatic N) is 2. The predicted molar refractivity (Wildman–Crippen MR) is 215 cm³/mol. The van der Waals surface area contributed by atoms with Crippen molar-refractivity contribution in [1.82, 2.24) is 4.57 Å². The normalized spacial score (nSPS) is 14.8. The maximum atomic E-state index is 6.58. The van der Waals surface area contributed by atoms with Crippen LogP contribution >= 0.6 is 0 Å². The molecule has 0 fully saturated rings. The average Bonchev–Trinajstić information content (AvgIpc) is 3.73. The largest absolute Gasteiger partial charge is 0.454 e. The minimum Gasteiger partial charge on any atom is -0.454 e. The van der Waals surface area contributed by atoms with E-state index in [9.17, 15) is 0 Å². The van der Waals surface area contributed by atoms with Crippen molar-refractivity contribution in [2.75, 3.05) is 4.90 Å². The van der Waals surface area contributed by atoms with E-state index in [4.69, 9.17) is 4.42 Å². The molecule has 51 heavy (non-hydrogen) atoms. The third kappa shape index (κ3) is 4.74. The van der Waals surface area contributed by atoms with E-state index in [0.29, 0.717) is 0 Å². The number of hydrogen-bond acceptors (Lipinski definition) is 2. The number of aromatic nitrogens is 1. The van der Waals surface area contributed by atoms with Crippen LogP contribution in [0.15, 0.2) is 193 Å². The SMILES string of the molecule is C=C1/C=C(c2ccc(-c3ccc4c(c3)c3ccc5c6ccccc6oc5c3n4-c3ccccc3)cc2)\C=C/N(c2ccccc2)c2ccccc21. The molecular formula is C48H32N2O. The topological polar surface area (TPSA) is 21.3 Å². The van der Waals surface area contributed by atoms with Gasteiger partial charge in [0.25, 0.3) is 0 Å². The lowest BCUT2D eigenvalue weighted by Gasteiger charge is -2.26. The summed E-state index contributed by atoms with van der Waals surface area (Å²) in [5.41, 5.74) is 14.1. The number of para-hydroxylation sites is 4. The summed E-state index contributed by atoms with van der Waals surface area (Å²) < 4.78 is 8.92. The van der Waals surface area contributed by atoms with E-state index in [2.05, 4.69) is 186 Å². The van der Waals surface area contributed by atoms with Crippen LogP contribution in [0.4, 0.5) is 11.4 Å². The molecule has 1 aliphatic rings. The molecule has 0 bridgehead atoms. The zero-order chi connectivity index (χ0) is 33.9. The second kappa shape index (κ2) is 11.6. The standard InChI is InChI=1S/C48H32N2O/c1-32-30-36(28-29-49(37-12-4-2-5-13-37)44-18-10-8-16-39(32)44)34-22-20-33(21-23-34)35-24-27-45-43(31-35)41-25-26-42-40-17-9-11-19-46(40)51-48(42)47(41)50(45)38-14-6-3-7-15-38/h2-31H,1H2/b29-28-,36-30+. The minimum atomic E-state index is 0.903. The first-order valence-electron chi connectivity index (χ1n) is 17.3. The summed E-state index contributed by atoms with van der Waals surface area (Å²) in [6.07, 6.45) is 6.54. The van der Waals surface area contributed by atoms with Gasteiger partial charge in [-0.3, -0.25) is 0 Å². The molecule has 7 aromatic carbocycles. The van der Waals surface area contributed by atoms with Gasteiger partial charge < -0.3 is 13.9 Å². The Kier molecular flexibility index (Phi) is 6.65. The molecule has 0 saturated carbocycles. The van der Waals surface area contributed by atoms with Crippen LogP contribution < -0.4 is 4.90 Å². The summed E-state index contributed by atoms with van der Waals surface area (Å²) in [5.74, 6) is 0. The van der Waals surface area contributed by atoms with E-state index in [0.717, 1.165) is 77.9 Å². The second-order valence-electron chi connectivity index (χ2n) is 13.1. The third-order valence-electron chi connectivity index (χ3n) is 10.1. The first-order valence-corrected chi connectivity index (χ1v) is 17.3. The van der Waals surface area contributed by atoms with Gasteiger partial charge in [0.15, 0.2) is 5.58 Å². The first-order chi connectivity index (χ1) is 25.2. The van der Waals surface area contributed by atoms with Crippen LogP contribution in [-0.4, -0.2) is 4.57 Å². The molecule has 3 nitrogen and oxygen atoms in total. The van der Waals surface area contributed by atoms with Gasteiger partial charge in [-0.05, 0) is 94.6 Å². The highest BCUT2D eigenvalue weighted by atomic mass is 16.3. The highest BCUT2D eigenvalue weighted by molar-refractivity contribution is 6.21. The number of anilines is 2. The fourth-order valence-corrected chi connectivity index (χ4v) is 7.66. The molecule has 0 N–H and O–H groups in total. The molecule has 10 rings (SSSR count). The van der Waals surface area contributed by atoms with E-state index in [1.807, 2.05) is 12.1 Å². The highest BCUT2D eigenvalue weighted by Gasteiger charge is 2.20. The molecule has 0 atom stereocenters. The molecule has 0 saturated heterocycles. The predicted octanol–water partition coefficient (Wildman–Crippen LogP) is 13.1. The fraction of sp³-hybridized carbons (Fsp3) is 0. The van der Waals surface area contributed by atoms with E-state index in [1.54, 1.807) is 0 Å². The Labute approximate surface area is 295 Å². The van der Waals surface area contributed by atoms with Crippen LogP contribution in [-0.2, 0) is 0 Å². The van der Waals surface area contributed by atoms with Gasteiger partial charge in [0.05, 0.1) is 16.7 Å². The Hall–Kier alpha value is -6.84. The summed E-state index contributed by atoms with van der Waals surface area (Å²) >= 11 is 0. The van der Waals surface area contributed by atoms with Crippen molar-refractivity contribution in [3.8, 4) is 16.8 Å². The lowest BCUT2D eigenvalue weighted by molar-refractivity contribution is 0.671. The van der Waals surface area contributed by atoms with Gasteiger partial charge in [-0.2, -0.15) is 0 Å². The number of fused-ring (bicyclic) bond motifs is 8. The molecule has 9 aromatic rings. The maximum Gasteiger partial charge on any atom is 0.160 e. The Morgan fingerprint density at radius 2 is 1.18 bits per heavy atom. The van der Waals surface area contributed by atoms with Gasteiger partial charge in [-0.1, -0.05) is 116 Å². The van der Waals surface area contributed by atoms with Gasteiger partial charge >= 0.3 is 0 Å². The number of hydrogen-bond donors (Lipinski definition) is 0. The van der Waals surface area contributed by atoms with Gasteiger partial charge in [-0.15, -0.1) is 0 Å². The van der Waals surface area contributed by atoms with Crippen molar-refractivity contribution >= 4 is 66.3 Å². The lowest BCUT2D eigenvalue weighted by atomic mass is 9.95. The third-order valence-corrected chi connectivity index (χ3v) is 10.1. The maximum absolute atomic E-state index is 6.58. The number of rotatable bonds is 4. The quantitative estimate of drug-likeness (QED) is 0.189. The monoisotopic (exact) mass is 652 g/mol. The van der Waals surface area contributed by atoms with Gasteiger partial charge in [0.1, 0.15) is 5.58 Å². The van der Waals surface area contributed by atoms with Crippen LogP contribution in [0.3, 0.4) is 0 Å². The van der Waals surface area contributed by atoms with Crippen molar-refractivity contribution < 1.29 is 4.42 Å². The molecular weight excluding hydrogens is 621 g/mol.